The Morgan fingerprint density at radius 1 is 1.67 bits per heavy atom. The molecule has 0 radical (unpaired) electrons. The average molecular weight is 167 g/mol. The maximum absolute atomic E-state index is 10.3. The minimum Gasteiger partial charge on any atom is -0.190 e. The third-order valence-electron chi connectivity index (χ3n) is 0.0495. The van der Waals surface area contributed by atoms with Gasteiger partial charge in [0.05, 0.1) is 0 Å². The van der Waals surface area contributed by atoms with Crippen molar-refractivity contribution >= 4 is 11.5 Å². The Morgan fingerprint density at radius 2 is 1.83 bits per heavy atom. The summed E-state index contributed by atoms with van der Waals surface area (Å²) in [6.45, 7) is 0. The summed E-state index contributed by atoms with van der Waals surface area (Å²) in [5, 5.41) is 0. The van der Waals surface area contributed by atoms with Gasteiger partial charge >= 0.3 is 11.5 Å². The van der Waals surface area contributed by atoms with E-state index in [9.17, 15) is 8.41 Å². The van der Waals surface area contributed by atoms with Crippen molar-refractivity contribution < 1.29 is 36.5 Å². The molecule has 0 aromatic heterocycles. The Labute approximate surface area is 48.5 Å². The SMILES string of the molecule is O=S(F)OF.[Zn]. The predicted molar refractivity (Wildman–Crippen MR) is 11.4 cm³/mol. The number of rotatable bonds is 1. The van der Waals surface area contributed by atoms with Crippen LogP contribution in [0.4, 0.5) is 8.41 Å². The first-order valence-electron chi connectivity index (χ1n) is 0.642. The van der Waals surface area contributed by atoms with Gasteiger partial charge in [0.25, 0.3) is 0 Å². The minimum absolute atomic E-state index is 0. The van der Waals surface area contributed by atoms with E-state index in [0.29, 0.717) is 0 Å². The van der Waals surface area contributed by atoms with E-state index in [4.69, 9.17) is 4.21 Å². The molecule has 0 amide bonds. The zero-order valence-corrected chi connectivity index (χ0v) is 6.47. The van der Waals surface area contributed by atoms with Gasteiger partial charge in [-0.2, -0.15) is 4.21 Å². The number of halogens is 2. The van der Waals surface area contributed by atoms with Crippen LogP contribution in [-0.2, 0) is 35.3 Å². The van der Waals surface area contributed by atoms with Crippen LogP contribution >= 0.6 is 0 Å². The van der Waals surface area contributed by atoms with Crippen molar-refractivity contribution in [2.75, 3.05) is 0 Å². The Bertz CT molecular complexity index is 46.8. The van der Waals surface area contributed by atoms with E-state index in [1.165, 1.54) is 0 Å². The third-order valence-corrected chi connectivity index (χ3v) is 0.149. The molecule has 0 spiro atoms. The van der Waals surface area contributed by atoms with E-state index in [1.807, 2.05) is 0 Å². The Morgan fingerprint density at radius 3 is 1.83 bits per heavy atom. The van der Waals surface area contributed by atoms with Crippen LogP contribution in [-0.4, -0.2) is 4.21 Å². The van der Waals surface area contributed by atoms with Crippen molar-refractivity contribution in [2.45, 2.75) is 0 Å². The normalized spacial score (nSPS) is 12.3. The van der Waals surface area contributed by atoms with E-state index in [2.05, 4.69) is 4.39 Å². The second kappa shape index (κ2) is 5.59. The minimum atomic E-state index is -3.24. The van der Waals surface area contributed by atoms with Gasteiger partial charge in [-0.3, -0.25) is 0 Å². The van der Waals surface area contributed by atoms with Crippen molar-refractivity contribution in [3.05, 3.63) is 0 Å². The molecule has 0 aliphatic heterocycles. The molecule has 0 rings (SSSR count). The molecular weight excluding hydrogens is 167 g/mol. The van der Waals surface area contributed by atoms with Gasteiger partial charge in [0.2, 0.25) is 0 Å². The van der Waals surface area contributed by atoms with Gasteiger partial charge < -0.3 is 0 Å². The van der Waals surface area contributed by atoms with Crippen LogP contribution < -0.4 is 0 Å². The largest absolute Gasteiger partial charge is 0.378 e. The summed E-state index contributed by atoms with van der Waals surface area (Å²) in [5.74, 6) is 0. The fourth-order valence-electron chi connectivity index (χ4n) is 0. The van der Waals surface area contributed by atoms with Crippen LogP contribution in [0.25, 0.3) is 0 Å². The molecule has 34 valence electrons. The molecule has 0 saturated carbocycles. The summed E-state index contributed by atoms with van der Waals surface area (Å²) < 4.78 is 31.0. The van der Waals surface area contributed by atoms with E-state index in [0.717, 1.165) is 0 Å². The van der Waals surface area contributed by atoms with Crippen molar-refractivity contribution in [2.24, 2.45) is 0 Å². The van der Waals surface area contributed by atoms with E-state index >= 15 is 0 Å². The standard InChI is InChI=1S/F2O2S.Zn/c1-4-5(2)3;. The Balaban J connectivity index is 0. The van der Waals surface area contributed by atoms with E-state index < -0.39 is 11.5 Å². The van der Waals surface area contributed by atoms with Crippen LogP contribution in [0.1, 0.15) is 0 Å². The smallest absolute Gasteiger partial charge is 0.190 e. The Kier molecular flexibility index (Phi) is 9.11. The third kappa shape index (κ3) is 8.82. The molecule has 0 bridgehead atoms. The van der Waals surface area contributed by atoms with Gasteiger partial charge in [-0.15, -0.1) is 3.89 Å². The zero-order chi connectivity index (χ0) is 4.28. The molecule has 0 heterocycles. The second-order valence-electron chi connectivity index (χ2n) is 0.257. The zero-order valence-electron chi connectivity index (χ0n) is 2.69. The maximum atomic E-state index is 10.3. The molecule has 0 saturated heterocycles. The van der Waals surface area contributed by atoms with Gasteiger partial charge in [0.1, 0.15) is 0 Å². The monoisotopic (exact) mass is 166 g/mol. The van der Waals surface area contributed by atoms with Crippen LogP contribution in [0.15, 0.2) is 0 Å². The van der Waals surface area contributed by atoms with Gasteiger partial charge in [0.15, 0.2) is 0 Å². The number of hydrogen-bond acceptors (Lipinski definition) is 2. The summed E-state index contributed by atoms with van der Waals surface area (Å²) in [6, 6.07) is 0. The van der Waals surface area contributed by atoms with Crippen molar-refractivity contribution in [3.63, 3.8) is 0 Å². The quantitative estimate of drug-likeness (QED) is 0.418. The molecule has 0 fully saturated rings. The molecule has 1 unspecified atom stereocenters. The summed E-state index contributed by atoms with van der Waals surface area (Å²) in [6.07, 6.45) is 0. The molecule has 6 heteroatoms. The summed E-state index contributed by atoms with van der Waals surface area (Å²) in [5.41, 5.74) is 0. The predicted octanol–water partition coefficient (Wildman–Crippen LogP) is 0.433. The molecule has 6 heavy (non-hydrogen) atoms. The van der Waals surface area contributed by atoms with Crippen molar-refractivity contribution in [1.82, 2.24) is 0 Å². The van der Waals surface area contributed by atoms with Gasteiger partial charge in [-0.05, 0) is 4.53 Å². The van der Waals surface area contributed by atoms with E-state index in [-0.39, 0.29) is 19.5 Å². The summed E-state index contributed by atoms with van der Waals surface area (Å²) >= 11 is -3.24. The molecule has 0 aromatic rings. The second-order valence-corrected chi connectivity index (χ2v) is 0.771. The summed E-state index contributed by atoms with van der Waals surface area (Å²) in [7, 11) is 0. The van der Waals surface area contributed by atoms with Gasteiger partial charge in [-0.25, -0.2) is 0 Å². The molecule has 0 aromatic carbocycles. The van der Waals surface area contributed by atoms with Crippen LogP contribution in [0.2, 0.25) is 0 Å². The fraction of sp³-hybridized carbons (Fsp3) is 0. The van der Waals surface area contributed by atoms with Gasteiger partial charge in [0, 0.05) is 19.5 Å². The average Bonchev–Trinajstić information content (AvgIpc) is 1.38. The van der Waals surface area contributed by atoms with Crippen molar-refractivity contribution in [1.29, 1.82) is 0 Å². The van der Waals surface area contributed by atoms with Crippen LogP contribution in [0.5, 0.6) is 0 Å². The number of hydrogen-bond donors (Lipinski definition) is 0. The van der Waals surface area contributed by atoms with Crippen LogP contribution in [0.3, 0.4) is 0 Å². The molecule has 0 N–H and O–H groups in total. The Hall–Kier alpha value is 0.593. The topological polar surface area (TPSA) is 26.3 Å². The molecule has 0 aliphatic carbocycles. The van der Waals surface area contributed by atoms with Crippen LogP contribution in [0, 0.1) is 0 Å². The van der Waals surface area contributed by atoms with E-state index in [1.54, 1.807) is 0 Å². The summed E-state index contributed by atoms with van der Waals surface area (Å²) in [4.78, 5) is 0. The first-order chi connectivity index (χ1) is 2.27. The molecular formula is F2O2SZn. The fourth-order valence-corrected chi connectivity index (χ4v) is 0. The first kappa shape index (κ1) is 9.78. The molecule has 0 aliphatic rings. The molecule has 1 atom stereocenters. The molecule has 2 nitrogen and oxygen atoms in total. The van der Waals surface area contributed by atoms with Gasteiger partial charge in [-0.1, -0.05) is 4.39 Å². The maximum Gasteiger partial charge on any atom is 0.378 e. The first-order valence-corrected chi connectivity index (χ1v) is 1.62. The van der Waals surface area contributed by atoms with Crippen molar-refractivity contribution in [3.8, 4) is 0 Å².